The van der Waals surface area contributed by atoms with Gasteiger partial charge in [0.2, 0.25) is 5.95 Å². The minimum absolute atomic E-state index is 0.0165. The number of carbonyl (C=O) groups excluding carboxylic acids is 1. The van der Waals surface area contributed by atoms with E-state index < -0.39 is 28.1 Å². The number of amides is 1. The molecule has 1 aliphatic rings. The molecule has 1 atom stereocenters. The molecule has 2 aromatic carbocycles. The average Bonchev–Trinajstić information content (AvgIpc) is 3.55. The molecular weight excluding hydrogens is 608 g/mol. The third-order valence-corrected chi connectivity index (χ3v) is 9.46. The molecule has 0 saturated carbocycles. The average molecular weight is 645 g/mol. The molecule has 3 aromatic rings. The smallest absolute Gasteiger partial charge is 0.415 e. The van der Waals surface area contributed by atoms with Crippen LogP contribution in [0.2, 0.25) is 5.02 Å². The fourth-order valence-electron chi connectivity index (χ4n) is 4.88. The largest absolute Gasteiger partial charge is 0.480 e. The van der Waals surface area contributed by atoms with Gasteiger partial charge in [0.15, 0.2) is 5.82 Å². The van der Waals surface area contributed by atoms with Gasteiger partial charge in [-0.3, -0.25) is 4.31 Å². The molecule has 14 heteroatoms. The maximum Gasteiger partial charge on any atom is 0.415 e. The predicted octanol–water partition coefficient (Wildman–Crippen LogP) is 4.89. The number of carboxylic acid groups (broad SMARTS) is 1. The SMILES string of the molecule is CCN(CC)c1ncc(N(CC)S(=O)(=O)c2ccc(Cl)cc2)c(N[C@@H](Cc2ccc(OC(=O)N3CCCC3)cc2)C(=O)O)n1. The Hall–Kier alpha value is -4.10. The van der Waals surface area contributed by atoms with Gasteiger partial charge in [0.1, 0.15) is 17.5 Å². The van der Waals surface area contributed by atoms with E-state index in [4.69, 9.17) is 16.3 Å². The topological polar surface area (TPSA) is 145 Å². The lowest BCUT2D eigenvalue weighted by Gasteiger charge is -2.27. The maximum atomic E-state index is 13.7. The van der Waals surface area contributed by atoms with Crippen LogP contribution in [0, 0.1) is 0 Å². The fraction of sp³-hybridized carbons (Fsp3) is 0.400. The number of hydrogen-bond acceptors (Lipinski definition) is 9. The Kier molecular flexibility index (Phi) is 10.9. The van der Waals surface area contributed by atoms with Crippen molar-refractivity contribution in [3.05, 3.63) is 65.3 Å². The Bertz CT molecular complexity index is 1550. The number of sulfonamides is 1. The highest BCUT2D eigenvalue weighted by atomic mass is 35.5. The lowest BCUT2D eigenvalue weighted by Crippen LogP contribution is -2.36. The number of carbonyl (C=O) groups is 2. The number of benzene rings is 2. The summed E-state index contributed by atoms with van der Waals surface area (Å²) in [6.45, 7) is 8.08. The summed E-state index contributed by atoms with van der Waals surface area (Å²) in [5.74, 6) is -0.412. The number of aliphatic carboxylic acids is 1. The van der Waals surface area contributed by atoms with Gasteiger partial charge >= 0.3 is 12.1 Å². The number of likely N-dealkylation sites (tertiary alicyclic amines) is 1. The molecule has 0 bridgehead atoms. The quantitative estimate of drug-likeness (QED) is 0.264. The summed E-state index contributed by atoms with van der Waals surface area (Å²) >= 11 is 5.98. The summed E-state index contributed by atoms with van der Waals surface area (Å²) in [5.41, 5.74) is 0.764. The van der Waals surface area contributed by atoms with Crippen LogP contribution in [0.25, 0.3) is 0 Å². The monoisotopic (exact) mass is 644 g/mol. The second-order valence-electron chi connectivity index (χ2n) is 10.1. The van der Waals surface area contributed by atoms with Crippen molar-refractivity contribution in [2.75, 3.05) is 47.2 Å². The van der Waals surface area contributed by atoms with Crippen LogP contribution in [0.3, 0.4) is 0 Å². The molecular formula is C30H37ClN6O6S. The summed E-state index contributed by atoms with van der Waals surface area (Å²) in [6, 6.07) is 11.2. The summed E-state index contributed by atoms with van der Waals surface area (Å²) in [5, 5.41) is 13.5. The van der Waals surface area contributed by atoms with Gasteiger partial charge in [-0.25, -0.2) is 23.0 Å². The molecule has 0 unspecified atom stereocenters. The number of halogens is 1. The molecule has 0 aliphatic carbocycles. The first-order chi connectivity index (χ1) is 21.1. The van der Waals surface area contributed by atoms with Crippen molar-refractivity contribution in [1.29, 1.82) is 0 Å². The van der Waals surface area contributed by atoms with Gasteiger partial charge in [0.05, 0.1) is 11.1 Å². The Labute approximate surface area is 262 Å². The lowest BCUT2D eigenvalue weighted by molar-refractivity contribution is -0.137. The number of aromatic nitrogens is 2. The number of hydrogen-bond donors (Lipinski definition) is 2. The first-order valence-corrected chi connectivity index (χ1v) is 16.3. The third-order valence-electron chi connectivity index (χ3n) is 7.30. The first-order valence-electron chi connectivity index (χ1n) is 14.5. The van der Waals surface area contributed by atoms with E-state index in [2.05, 4.69) is 15.3 Å². The van der Waals surface area contributed by atoms with Crippen molar-refractivity contribution >= 4 is 51.1 Å². The van der Waals surface area contributed by atoms with E-state index in [0.29, 0.717) is 48.5 Å². The molecule has 12 nitrogen and oxygen atoms in total. The van der Waals surface area contributed by atoms with E-state index in [1.54, 1.807) is 36.1 Å². The molecule has 4 rings (SSSR count). The van der Waals surface area contributed by atoms with Gasteiger partial charge < -0.3 is 25.0 Å². The normalized spacial score (nSPS) is 13.8. The Balaban J connectivity index is 1.63. The molecule has 2 heterocycles. The van der Waals surface area contributed by atoms with Crippen LogP contribution in [0.1, 0.15) is 39.2 Å². The van der Waals surface area contributed by atoms with Crippen molar-refractivity contribution in [3.63, 3.8) is 0 Å². The van der Waals surface area contributed by atoms with Gasteiger partial charge in [-0.05, 0) is 75.6 Å². The number of rotatable bonds is 13. The summed E-state index contributed by atoms with van der Waals surface area (Å²) in [4.78, 5) is 37.4. The van der Waals surface area contributed by atoms with E-state index in [9.17, 15) is 23.1 Å². The van der Waals surface area contributed by atoms with Crippen LogP contribution in [-0.2, 0) is 21.2 Å². The van der Waals surface area contributed by atoms with Crippen LogP contribution in [0.5, 0.6) is 5.75 Å². The van der Waals surface area contributed by atoms with Gasteiger partial charge in [-0.2, -0.15) is 4.98 Å². The Morgan fingerprint density at radius 3 is 2.23 bits per heavy atom. The molecule has 1 aromatic heterocycles. The standard InChI is InChI=1S/C30H37ClN6O6S/c1-4-35(5-2)29-32-20-26(37(6-3)44(41,42)24-15-11-22(31)12-16-24)27(34-29)33-25(28(38)39)19-21-9-13-23(14-10-21)43-30(40)36-17-7-8-18-36/h9-16,20,25H,4-8,17-19H2,1-3H3,(H,38,39)(H,32,33,34)/t25-/m0/s1. The minimum atomic E-state index is -4.07. The highest BCUT2D eigenvalue weighted by molar-refractivity contribution is 7.92. The molecule has 2 N–H and O–H groups in total. The number of carboxylic acids is 1. The summed E-state index contributed by atoms with van der Waals surface area (Å²) in [6.07, 6.45) is 2.92. The van der Waals surface area contributed by atoms with Crippen LogP contribution in [-0.4, -0.2) is 79.2 Å². The lowest BCUT2D eigenvalue weighted by atomic mass is 10.1. The highest BCUT2D eigenvalue weighted by Gasteiger charge is 2.29. The number of nitrogens with zero attached hydrogens (tertiary/aromatic N) is 5. The zero-order chi connectivity index (χ0) is 31.9. The third kappa shape index (κ3) is 7.69. The Morgan fingerprint density at radius 2 is 1.66 bits per heavy atom. The van der Waals surface area contributed by atoms with Crippen molar-refractivity contribution in [2.24, 2.45) is 0 Å². The molecule has 0 radical (unpaired) electrons. The van der Waals surface area contributed by atoms with Gasteiger partial charge in [-0.1, -0.05) is 23.7 Å². The van der Waals surface area contributed by atoms with Crippen LogP contribution in [0.4, 0.5) is 22.2 Å². The second kappa shape index (κ2) is 14.6. The van der Waals surface area contributed by atoms with E-state index in [0.717, 1.165) is 17.1 Å². The molecule has 0 spiro atoms. The van der Waals surface area contributed by atoms with Crippen molar-refractivity contribution in [1.82, 2.24) is 14.9 Å². The summed E-state index contributed by atoms with van der Waals surface area (Å²) < 4.78 is 34.0. The second-order valence-corrected chi connectivity index (χ2v) is 12.4. The number of anilines is 3. The van der Waals surface area contributed by atoms with Crippen molar-refractivity contribution in [3.8, 4) is 5.75 Å². The minimum Gasteiger partial charge on any atom is -0.480 e. The molecule has 1 aliphatic heterocycles. The van der Waals surface area contributed by atoms with Gasteiger partial charge in [0, 0.05) is 44.2 Å². The van der Waals surface area contributed by atoms with E-state index in [1.807, 2.05) is 18.7 Å². The van der Waals surface area contributed by atoms with E-state index in [-0.39, 0.29) is 29.4 Å². The molecule has 44 heavy (non-hydrogen) atoms. The first kappa shape index (κ1) is 32.8. The molecule has 1 fully saturated rings. The Morgan fingerprint density at radius 1 is 1.02 bits per heavy atom. The van der Waals surface area contributed by atoms with Crippen molar-refractivity contribution < 1.29 is 27.9 Å². The number of nitrogens with one attached hydrogen (secondary N) is 1. The highest BCUT2D eigenvalue weighted by Crippen LogP contribution is 2.31. The van der Waals surface area contributed by atoms with Gasteiger partial charge in [0.25, 0.3) is 10.0 Å². The summed E-state index contributed by atoms with van der Waals surface area (Å²) in [7, 11) is -4.07. The van der Waals surface area contributed by atoms with Crippen molar-refractivity contribution in [2.45, 2.75) is 51.0 Å². The van der Waals surface area contributed by atoms with E-state index in [1.165, 1.54) is 30.5 Å². The number of ether oxygens (including phenoxy) is 1. The van der Waals surface area contributed by atoms with E-state index >= 15 is 0 Å². The van der Waals surface area contributed by atoms with Gasteiger partial charge in [-0.15, -0.1) is 0 Å². The molecule has 236 valence electrons. The van der Waals surface area contributed by atoms with Crippen LogP contribution >= 0.6 is 11.6 Å². The maximum absolute atomic E-state index is 13.7. The zero-order valence-electron chi connectivity index (χ0n) is 24.9. The fourth-order valence-corrected chi connectivity index (χ4v) is 6.47. The van der Waals surface area contributed by atoms with Crippen LogP contribution < -0.4 is 19.3 Å². The molecule has 1 amide bonds. The zero-order valence-corrected chi connectivity index (χ0v) is 26.5. The molecule has 1 saturated heterocycles. The van der Waals surface area contributed by atoms with Crippen LogP contribution in [0.15, 0.2) is 59.6 Å². The predicted molar refractivity (Wildman–Crippen MR) is 169 cm³/mol.